The number of hydrogen-bond acceptors (Lipinski definition) is 4. The van der Waals surface area contributed by atoms with E-state index in [-0.39, 0.29) is 12.5 Å². The van der Waals surface area contributed by atoms with E-state index in [1.807, 2.05) is 12.1 Å². The van der Waals surface area contributed by atoms with Crippen LogP contribution in [-0.2, 0) is 4.79 Å². The van der Waals surface area contributed by atoms with E-state index in [4.69, 9.17) is 10.5 Å². The number of benzene rings is 2. The van der Waals surface area contributed by atoms with Crippen LogP contribution in [0.1, 0.15) is 36.0 Å². The number of nitrogens with two attached hydrogens (primary N) is 1. The van der Waals surface area contributed by atoms with E-state index in [2.05, 4.69) is 22.3 Å². The van der Waals surface area contributed by atoms with E-state index in [1.165, 1.54) is 31.4 Å². The number of nitrogens with zero attached hydrogens (tertiary/aromatic N) is 1. The minimum absolute atomic E-state index is 0.186. The van der Waals surface area contributed by atoms with Crippen LogP contribution in [0.5, 0.6) is 5.75 Å². The molecule has 1 fully saturated rings. The highest BCUT2D eigenvalue weighted by atomic mass is 16.5. The van der Waals surface area contributed by atoms with Crippen LogP contribution in [0.4, 0.5) is 11.4 Å². The molecule has 6 heteroatoms. The highest BCUT2D eigenvalue weighted by Crippen LogP contribution is 2.22. The molecule has 2 aromatic rings. The molecule has 2 aromatic carbocycles. The molecule has 2 amide bonds. The van der Waals surface area contributed by atoms with Gasteiger partial charge in [0, 0.05) is 30.0 Å². The molecule has 6 nitrogen and oxygen atoms in total. The van der Waals surface area contributed by atoms with Gasteiger partial charge < -0.3 is 20.7 Å². The minimum Gasteiger partial charge on any atom is -0.484 e. The Hall–Kier alpha value is -3.02. The Morgan fingerprint density at radius 1 is 0.926 bits per heavy atom. The fourth-order valence-electron chi connectivity index (χ4n) is 3.14. The molecular formula is C21H25N3O3. The lowest BCUT2D eigenvalue weighted by Crippen LogP contribution is -2.23. The van der Waals surface area contributed by atoms with Gasteiger partial charge in [0.25, 0.3) is 11.8 Å². The predicted molar refractivity (Wildman–Crippen MR) is 106 cm³/mol. The van der Waals surface area contributed by atoms with Gasteiger partial charge in [0.2, 0.25) is 0 Å². The minimum atomic E-state index is -0.541. The fourth-order valence-corrected chi connectivity index (χ4v) is 3.14. The first-order valence-corrected chi connectivity index (χ1v) is 9.29. The molecule has 142 valence electrons. The van der Waals surface area contributed by atoms with Gasteiger partial charge in [0.1, 0.15) is 5.75 Å². The summed E-state index contributed by atoms with van der Waals surface area (Å²) in [5.41, 5.74) is 7.51. The van der Waals surface area contributed by atoms with Crippen molar-refractivity contribution in [3.63, 3.8) is 0 Å². The molecule has 0 saturated carbocycles. The summed E-state index contributed by atoms with van der Waals surface area (Å²) >= 11 is 0. The SMILES string of the molecule is NC(=O)COc1ccc(C(=O)Nc2ccc(N3CCCCCC3)cc2)cc1. The summed E-state index contributed by atoms with van der Waals surface area (Å²) in [5.74, 6) is -0.244. The maximum absolute atomic E-state index is 12.4. The van der Waals surface area contributed by atoms with E-state index < -0.39 is 5.91 Å². The van der Waals surface area contributed by atoms with Crippen molar-refractivity contribution in [2.45, 2.75) is 25.7 Å². The van der Waals surface area contributed by atoms with Crippen molar-refractivity contribution in [1.29, 1.82) is 0 Å². The first kappa shape index (κ1) is 18.8. The van der Waals surface area contributed by atoms with Gasteiger partial charge in [-0.25, -0.2) is 0 Å². The summed E-state index contributed by atoms with van der Waals surface area (Å²) in [6.07, 6.45) is 5.07. The molecule has 27 heavy (non-hydrogen) atoms. The summed E-state index contributed by atoms with van der Waals surface area (Å²) in [7, 11) is 0. The van der Waals surface area contributed by atoms with Crippen molar-refractivity contribution >= 4 is 23.2 Å². The predicted octanol–water partition coefficient (Wildman–Crippen LogP) is 3.18. The first-order chi connectivity index (χ1) is 13.1. The van der Waals surface area contributed by atoms with Crippen molar-refractivity contribution in [3.05, 3.63) is 54.1 Å². The molecule has 0 atom stereocenters. The van der Waals surface area contributed by atoms with Crippen molar-refractivity contribution in [3.8, 4) is 5.75 Å². The standard InChI is InChI=1S/C21H25N3O3/c22-20(25)15-27-19-11-5-16(6-12-19)21(26)23-17-7-9-18(10-8-17)24-13-3-1-2-4-14-24/h5-12H,1-4,13-15H2,(H2,22,25)(H,23,26). The van der Waals surface area contributed by atoms with Gasteiger partial charge in [0.05, 0.1) is 0 Å². The third kappa shape index (κ3) is 5.48. The highest BCUT2D eigenvalue weighted by molar-refractivity contribution is 6.04. The number of carbonyl (C=O) groups is 2. The van der Waals surface area contributed by atoms with Crippen molar-refractivity contribution in [2.24, 2.45) is 5.73 Å². The van der Waals surface area contributed by atoms with Gasteiger partial charge in [-0.1, -0.05) is 12.8 Å². The number of amides is 2. The number of hydrogen-bond donors (Lipinski definition) is 2. The van der Waals surface area contributed by atoms with Crippen LogP contribution in [0.15, 0.2) is 48.5 Å². The van der Waals surface area contributed by atoms with Gasteiger partial charge in [-0.2, -0.15) is 0 Å². The Morgan fingerprint density at radius 3 is 2.15 bits per heavy atom. The smallest absolute Gasteiger partial charge is 0.255 e. The summed E-state index contributed by atoms with van der Waals surface area (Å²) < 4.78 is 5.19. The van der Waals surface area contributed by atoms with Crippen molar-refractivity contribution < 1.29 is 14.3 Å². The number of rotatable bonds is 6. The lowest BCUT2D eigenvalue weighted by Gasteiger charge is -2.22. The Kier molecular flexibility index (Phi) is 6.30. The Bertz CT molecular complexity index is 764. The van der Waals surface area contributed by atoms with Gasteiger partial charge in [-0.3, -0.25) is 9.59 Å². The van der Waals surface area contributed by atoms with E-state index >= 15 is 0 Å². The van der Waals surface area contributed by atoms with E-state index in [0.29, 0.717) is 11.3 Å². The second-order valence-electron chi connectivity index (χ2n) is 6.68. The molecule has 3 rings (SSSR count). The number of anilines is 2. The quantitative estimate of drug-likeness (QED) is 0.821. The van der Waals surface area contributed by atoms with E-state index in [9.17, 15) is 9.59 Å². The maximum Gasteiger partial charge on any atom is 0.255 e. The first-order valence-electron chi connectivity index (χ1n) is 9.29. The van der Waals surface area contributed by atoms with Crippen LogP contribution in [0, 0.1) is 0 Å². The number of primary amides is 1. The largest absolute Gasteiger partial charge is 0.484 e. The van der Waals surface area contributed by atoms with Crippen LogP contribution < -0.4 is 20.7 Å². The molecule has 1 aliphatic heterocycles. The highest BCUT2D eigenvalue weighted by Gasteiger charge is 2.11. The Balaban J connectivity index is 1.57. The maximum atomic E-state index is 12.4. The second-order valence-corrected chi connectivity index (χ2v) is 6.68. The Morgan fingerprint density at radius 2 is 1.56 bits per heavy atom. The fraction of sp³-hybridized carbons (Fsp3) is 0.333. The summed E-state index contributed by atoms with van der Waals surface area (Å²) in [4.78, 5) is 25.5. The zero-order valence-corrected chi connectivity index (χ0v) is 15.3. The molecule has 0 radical (unpaired) electrons. The molecule has 0 aromatic heterocycles. The lowest BCUT2D eigenvalue weighted by molar-refractivity contribution is -0.119. The number of ether oxygens (including phenoxy) is 1. The molecule has 0 unspecified atom stereocenters. The van der Waals surface area contributed by atoms with Gasteiger partial charge in [-0.05, 0) is 61.4 Å². The average molecular weight is 367 g/mol. The number of nitrogens with one attached hydrogen (secondary N) is 1. The zero-order valence-electron chi connectivity index (χ0n) is 15.3. The van der Waals surface area contributed by atoms with Crippen molar-refractivity contribution in [1.82, 2.24) is 0 Å². The van der Waals surface area contributed by atoms with Crippen LogP contribution in [0.3, 0.4) is 0 Å². The molecule has 1 heterocycles. The summed E-state index contributed by atoms with van der Waals surface area (Å²) in [6, 6.07) is 14.6. The third-order valence-corrected chi connectivity index (χ3v) is 4.59. The van der Waals surface area contributed by atoms with Gasteiger partial charge in [-0.15, -0.1) is 0 Å². The van der Waals surface area contributed by atoms with E-state index in [0.717, 1.165) is 18.8 Å². The topological polar surface area (TPSA) is 84.7 Å². The van der Waals surface area contributed by atoms with Crippen LogP contribution >= 0.6 is 0 Å². The molecule has 0 spiro atoms. The molecule has 0 bridgehead atoms. The van der Waals surface area contributed by atoms with Crippen LogP contribution in [0.2, 0.25) is 0 Å². The summed E-state index contributed by atoms with van der Waals surface area (Å²) in [5, 5.41) is 2.90. The average Bonchev–Trinajstić information content (AvgIpc) is 2.97. The van der Waals surface area contributed by atoms with Crippen LogP contribution in [-0.4, -0.2) is 31.5 Å². The van der Waals surface area contributed by atoms with Crippen molar-refractivity contribution in [2.75, 3.05) is 29.9 Å². The Labute approximate surface area is 159 Å². The molecular weight excluding hydrogens is 342 g/mol. The monoisotopic (exact) mass is 367 g/mol. The molecule has 1 aliphatic rings. The summed E-state index contributed by atoms with van der Waals surface area (Å²) in [6.45, 7) is 2.00. The third-order valence-electron chi connectivity index (χ3n) is 4.59. The molecule has 1 saturated heterocycles. The van der Waals surface area contributed by atoms with Gasteiger partial charge >= 0.3 is 0 Å². The normalized spacial score (nSPS) is 14.3. The number of carbonyl (C=O) groups excluding carboxylic acids is 2. The molecule has 0 aliphatic carbocycles. The lowest BCUT2D eigenvalue weighted by atomic mass is 10.2. The molecule has 3 N–H and O–H groups in total. The zero-order chi connectivity index (χ0) is 19.1. The van der Waals surface area contributed by atoms with E-state index in [1.54, 1.807) is 24.3 Å². The second kappa shape index (κ2) is 9.07. The van der Waals surface area contributed by atoms with Crippen LogP contribution in [0.25, 0.3) is 0 Å². The van der Waals surface area contributed by atoms with Gasteiger partial charge in [0.15, 0.2) is 6.61 Å².